The smallest absolute Gasteiger partial charge is 0.0640 e. The van der Waals surface area contributed by atoms with Crippen molar-refractivity contribution in [1.82, 2.24) is 15.1 Å². The summed E-state index contributed by atoms with van der Waals surface area (Å²) in [5.74, 6) is 0. The molecule has 1 rings (SSSR count). The topological polar surface area (TPSA) is 29.9 Å². The minimum atomic E-state index is 0.313. The van der Waals surface area contributed by atoms with Crippen molar-refractivity contribution in [3.63, 3.8) is 0 Å². The van der Waals surface area contributed by atoms with Crippen LogP contribution in [0.2, 0.25) is 0 Å². The molecule has 92 valence electrons. The first-order chi connectivity index (χ1) is 7.49. The monoisotopic (exact) mass is 223 g/mol. The minimum absolute atomic E-state index is 0.313. The van der Waals surface area contributed by atoms with Crippen LogP contribution in [0.15, 0.2) is 12.3 Å². The summed E-state index contributed by atoms with van der Waals surface area (Å²) < 4.78 is 1.87. The highest BCUT2D eigenvalue weighted by Gasteiger charge is 2.27. The second kappa shape index (κ2) is 5.48. The molecule has 0 aromatic carbocycles. The maximum Gasteiger partial charge on any atom is 0.0640 e. The zero-order chi connectivity index (χ0) is 12.2. The second-order valence-electron chi connectivity index (χ2n) is 5.14. The van der Waals surface area contributed by atoms with E-state index in [-0.39, 0.29) is 0 Å². The molecule has 0 aliphatic rings. The van der Waals surface area contributed by atoms with Gasteiger partial charge in [-0.05, 0) is 24.4 Å². The summed E-state index contributed by atoms with van der Waals surface area (Å²) >= 11 is 0. The van der Waals surface area contributed by atoms with Gasteiger partial charge in [-0.3, -0.25) is 4.68 Å². The Balaban J connectivity index is 2.71. The SMILES string of the molecule is CCNC(Cc1ccn(C)n1)C(C)(C)CC. The van der Waals surface area contributed by atoms with Crippen molar-refractivity contribution in [3.8, 4) is 0 Å². The van der Waals surface area contributed by atoms with Crippen molar-refractivity contribution in [2.24, 2.45) is 12.5 Å². The number of hydrogen-bond donors (Lipinski definition) is 1. The average molecular weight is 223 g/mol. The van der Waals surface area contributed by atoms with Gasteiger partial charge in [0, 0.05) is 25.7 Å². The van der Waals surface area contributed by atoms with Gasteiger partial charge >= 0.3 is 0 Å². The third-order valence-corrected chi connectivity index (χ3v) is 3.49. The Bertz CT molecular complexity index is 315. The first kappa shape index (κ1) is 13.2. The van der Waals surface area contributed by atoms with E-state index in [0.29, 0.717) is 11.5 Å². The lowest BCUT2D eigenvalue weighted by Crippen LogP contribution is -2.43. The van der Waals surface area contributed by atoms with Crippen LogP contribution in [0.5, 0.6) is 0 Å². The number of hydrogen-bond acceptors (Lipinski definition) is 2. The molecule has 1 heterocycles. The van der Waals surface area contributed by atoms with Crippen LogP contribution in [0.3, 0.4) is 0 Å². The lowest BCUT2D eigenvalue weighted by Gasteiger charge is -2.33. The standard InChI is InChI=1S/C13H25N3/c1-6-13(3,4)12(14-7-2)10-11-8-9-16(5)15-11/h8-9,12,14H,6-7,10H2,1-5H3. The van der Waals surface area contributed by atoms with Crippen molar-refractivity contribution in [2.45, 2.75) is 46.6 Å². The zero-order valence-electron chi connectivity index (χ0n) is 11.2. The number of aryl methyl sites for hydroxylation is 1. The highest BCUT2D eigenvalue weighted by molar-refractivity contribution is 5.03. The molecule has 3 nitrogen and oxygen atoms in total. The molecule has 3 heteroatoms. The molecule has 0 aliphatic carbocycles. The largest absolute Gasteiger partial charge is 0.313 e. The summed E-state index contributed by atoms with van der Waals surface area (Å²) in [6.45, 7) is 10.1. The molecule has 1 aromatic rings. The zero-order valence-corrected chi connectivity index (χ0v) is 11.2. The van der Waals surface area contributed by atoms with Crippen molar-refractivity contribution in [2.75, 3.05) is 6.54 Å². The molecule has 1 atom stereocenters. The first-order valence-corrected chi connectivity index (χ1v) is 6.21. The number of nitrogens with one attached hydrogen (secondary N) is 1. The number of nitrogens with zero attached hydrogens (tertiary/aromatic N) is 2. The van der Waals surface area contributed by atoms with E-state index < -0.39 is 0 Å². The molecule has 0 bridgehead atoms. The summed E-state index contributed by atoms with van der Waals surface area (Å²) in [6, 6.07) is 2.60. The Labute approximate surface area is 99.2 Å². The van der Waals surface area contributed by atoms with E-state index in [4.69, 9.17) is 0 Å². The highest BCUT2D eigenvalue weighted by Crippen LogP contribution is 2.26. The second-order valence-corrected chi connectivity index (χ2v) is 5.14. The van der Waals surface area contributed by atoms with Gasteiger partial charge in [0.25, 0.3) is 0 Å². The fraction of sp³-hybridized carbons (Fsp3) is 0.769. The van der Waals surface area contributed by atoms with Gasteiger partial charge in [0.05, 0.1) is 5.69 Å². The average Bonchev–Trinajstić information content (AvgIpc) is 2.63. The molecule has 1 aromatic heterocycles. The predicted molar refractivity (Wildman–Crippen MR) is 68.4 cm³/mol. The molecule has 0 radical (unpaired) electrons. The van der Waals surface area contributed by atoms with Crippen molar-refractivity contribution < 1.29 is 0 Å². The van der Waals surface area contributed by atoms with Crippen LogP contribution in [0, 0.1) is 5.41 Å². The van der Waals surface area contributed by atoms with E-state index in [1.54, 1.807) is 0 Å². The van der Waals surface area contributed by atoms with Gasteiger partial charge in [0.1, 0.15) is 0 Å². The quantitative estimate of drug-likeness (QED) is 0.802. The number of rotatable bonds is 6. The third kappa shape index (κ3) is 3.34. The lowest BCUT2D eigenvalue weighted by molar-refractivity contribution is 0.231. The van der Waals surface area contributed by atoms with E-state index in [2.05, 4.69) is 44.2 Å². The summed E-state index contributed by atoms with van der Waals surface area (Å²) in [5, 5.41) is 8.04. The number of aromatic nitrogens is 2. The molecule has 0 spiro atoms. The Hall–Kier alpha value is -0.830. The van der Waals surface area contributed by atoms with Crippen LogP contribution in [-0.4, -0.2) is 22.4 Å². The summed E-state index contributed by atoms with van der Waals surface area (Å²) in [7, 11) is 1.97. The number of likely N-dealkylation sites (N-methyl/N-ethyl adjacent to an activating group) is 1. The highest BCUT2D eigenvalue weighted by atomic mass is 15.2. The van der Waals surface area contributed by atoms with E-state index in [9.17, 15) is 0 Å². The maximum atomic E-state index is 4.46. The van der Waals surface area contributed by atoms with E-state index in [1.807, 2.05) is 17.9 Å². The molecule has 0 amide bonds. The van der Waals surface area contributed by atoms with Gasteiger partial charge in [-0.15, -0.1) is 0 Å². The normalized spacial score (nSPS) is 14.1. The molecule has 0 saturated heterocycles. The third-order valence-electron chi connectivity index (χ3n) is 3.49. The molecule has 0 fully saturated rings. The first-order valence-electron chi connectivity index (χ1n) is 6.21. The summed E-state index contributed by atoms with van der Waals surface area (Å²) in [6.07, 6.45) is 4.20. The molecule has 16 heavy (non-hydrogen) atoms. The van der Waals surface area contributed by atoms with Crippen LogP contribution in [0.25, 0.3) is 0 Å². The van der Waals surface area contributed by atoms with E-state index in [1.165, 1.54) is 12.1 Å². The van der Waals surface area contributed by atoms with Crippen LogP contribution in [-0.2, 0) is 13.5 Å². The van der Waals surface area contributed by atoms with Crippen LogP contribution in [0.1, 0.15) is 39.8 Å². The molecule has 1 unspecified atom stereocenters. The van der Waals surface area contributed by atoms with Gasteiger partial charge in [0.15, 0.2) is 0 Å². The van der Waals surface area contributed by atoms with Gasteiger partial charge in [0.2, 0.25) is 0 Å². The van der Waals surface area contributed by atoms with Crippen LogP contribution >= 0.6 is 0 Å². The predicted octanol–water partition coefficient (Wildman–Crippen LogP) is 2.38. The van der Waals surface area contributed by atoms with Crippen molar-refractivity contribution in [3.05, 3.63) is 18.0 Å². The van der Waals surface area contributed by atoms with E-state index in [0.717, 1.165) is 13.0 Å². The Kier molecular flexibility index (Phi) is 4.54. The van der Waals surface area contributed by atoms with Crippen molar-refractivity contribution in [1.29, 1.82) is 0 Å². The summed E-state index contributed by atoms with van der Waals surface area (Å²) in [4.78, 5) is 0. The van der Waals surface area contributed by atoms with E-state index >= 15 is 0 Å². The minimum Gasteiger partial charge on any atom is -0.313 e. The molecule has 0 saturated carbocycles. The Morgan fingerprint density at radius 3 is 2.56 bits per heavy atom. The Morgan fingerprint density at radius 2 is 2.12 bits per heavy atom. The van der Waals surface area contributed by atoms with Crippen LogP contribution in [0.4, 0.5) is 0 Å². The fourth-order valence-corrected chi connectivity index (χ4v) is 1.90. The fourth-order valence-electron chi connectivity index (χ4n) is 1.90. The molecule has 1 N–H and O–H groups in total. The summed E-state index contributed by atoms with van der Waals surface area (Å²) in [5.41, 5.74) is 1.49. The van der Waals surface area contributed by atoms with Crippen molar-refractivity contribution >= 4 is 0 Å². The molecule has 0 aliphatic heterocycles. The van der Waals surface area contributed by atoms with Crippen LogP contribution < -0.4 is 5.32 Å². The van der Waals surface area contributed by atoms with Gasteiger partial charge in [-0.2, -0.15) is 5.10 Å². The molecular formula is C13H25N3. The van der Waals surface area contributed by atoms with Gasteiger partial charge in [-0.1, -0.05) is 27.7 Å². The Morgan fingerprint density at radius 1 is 1.44 bits per heavy atom. The maximum absolute atomic E-state index is 4.46. The molecular weight excluding hydrogens is 198 g/mol. The lowest BCUT2D eigenvalue weighted by atomic mass is 9.79. The van der Waals surface area contributed by atoms with Gasteiger partial charge < -0.3 is 5.32 Å². The van der Waals surface area contributed by atoms with Gasteiger partial charge in [-0.25, -0.2) is 0 Å².